The molecule has 4 N–H and O–H groups in total. The van der Waals surface area contributed by atoms with Crippen molar-refractivity contribution in [2.24, 2.45) is 10.8 Å². The molecular formula is C3H6N3+. The molecule has 0 aromatic rings. The van der Waals surface area contributed by atoms with Crippen LogP contribution in [0.4, 0.5) is 0 Å². The second-order valence-electron chi connectivity index (χ2n) is 1.09. The molecule has 32 valence electrons. The summed E-state index contributed by atoms with van der Waals surface area (Å²) >= 11 is 0. The van der Waals surface area contributed by atoms with Gasteiger partial charge in [-0.05, 0) is 0 Å². The summed E-state index contributed by atoms with van der Waals surface area (Å²) in [6.45, 7) is 0. The maximum atomic E-state index is 5.22. The molecule has 0 aromatic heterocycles. The van der Waals surface area contributed by atoms with E-state index in [2.05, 4.69) is 5.10 Å². The van der Waals surface area contributed by atoms with Crippen molar-refractivity contribution >= 4 is 6.21 Å². The summed E-state index contributed by atoms with van der Waals surface area (Å²) in [5, 5.41) is 3.70. The van der Waals surface area contributed by atoms with Crippen LogP contribution >= 0.6 is 0 Å². The van der Waals surface area contributed by atoms with Gasteiger partial charge in [0, 0.05) is 0 Å². The molecular weight excluding hydrogens is 78.1 g/mol. The third-order valence-electron chi connectivity index (χ3n) is 0.577. The van der Waals surface area contributed by atoms with E-state index in [1.165, 1.54) is 0 Å². The molecule has 1 rings (SSSR count). The van der Waals surface area contributed by atoms with Crippen LogP contribution in [0, 0.1) is 0 Å². The summed E-state index contributed by atoms with van der Waals surface area (Å²) in [5.74, 6) is 0. The summed E-state index contributed by atoms with van der Waals surface area (Å²) in [7, 11) is 0. The number of hydrogen-bond donors (Lipinski definition) is 2. The summed E-state index contributed by atoms with van der Waals surface area (Å²) in [6, 6.07) is 0. The van der Waals surface area contributed by atoms with Gasteiger partial charge in [0.05, 0.1) is 0 Å². The Hall–Kier alpha value is -0.830. The van der Waals surface area contributed by atoms with Gasteiger partial charge in [-0.25, -0.2) is 0 Å². The Morgan fingerprint density at radius 1 is 1.83 bits per heavy atom. The van der Waals surface area contributed by atoms with Crippen molar-refractivity contribution in [3.05, 3.63) is 11.9 Å². The number of rotatable bonds is 0. The quantitative estimate of drug-likeness (QED) is 0.339. The Kier molecular flexibility index (Phi) is 0.617. The molecule has 0 spiro atoms. The molecule has 6 heavy (non-hydrogen) atoms. The first kappa shape index (κ1) is 3.36. The van der Waals surface area contributed by atoms with E-state index in [-0.39, 0.29) is 0 Å². The second kappa shape index (κ2) is 1.10. The van der Waals surface area contributed by atoms with Crippen molar-refractivity contribution in [3.8, 4) is 0 Å². The van der Waals surface area contributed by atoms with Gasteiger partial charge in [-0.15, -0.1) is 0 Å². The molecule has 0 saturated carbocycles. The lowest BCUT2D eigenvalue weighted by molar-refractivity contribution is -0.590. The van der Waals surface area contributed by atoms with Gasteiger partial charge in [-0.2, -0.15) is 5.43 Å². The first-order valence-corrected chi connectivity index (χ1v) is 1.72. The normalized spacial score (nSPS) is 18.3. The molecule has 0 amide bonds. The van der Waals surface area contributed by atoms with E-state index in [0.717, 1.165) is 5.70 Å². The van der Waals surface area contributed by atoms with Gasteiger partial charge >= 0.3 is 0 Å². The van der Waals surface area contributed by atoms with Crippen molar-refractivity contribution in [2.75, 3.05) is 0 Å². The standard InChI is InChI=1S/C3H5N3/c4-3-1-5-6-2-3/h1-2H,4H2,(H,5,6)/p+1. The number of quaternary nitrogens is 1. The SMILES string of the molecule is NC1=C[NH2+]N=C1. The molecule has 0 atom stereocenters. The van der Waals surface area contributed by atoms with E-state index in [1.807, 2.05) is 0 Å². The number of nitrogens with two attached hydrogens (primary N) is 2. The van der Waals surface area contributed by atoms with E-state index in [1.54, 1.807) is 17.8 Å². The van der Waals surface area contributed by atoms with Crippen LogP contribution in [0.2, 0.25) is 0 Å². The van der Waals surface area contributed by atoms with Crippen LogP contribution < -0.4 is 11.2 Å². The minimum atomic E-state index is 0.731. The molecule has 1 aliphatic rings. The van der Waals surface area contributed by atoms with E-state index >= 15 is 0 Å². The lowest BCUT2D eigenvalue weighted by Crippen LogP contribution is -2.69. The average molecular weight is 84.1 g/mol. The van der Waals surface area contributed by atoms with Crippen molar-refractivity contribution < 1.29 is 5.43 Å². The van der Waals surface area contributed by atoms with E-state index in [9.17, 15) is 0 Å². The summed E-state index contributed by atoms with van der Waals surface area (Å²) in [5.41, 5.74) is 7.61. The molecule has 0 unspecified atom stereocenters. The predicted octanol–water partition coefficient (Wildman–Crippen LogP) is -1.65. The Morgan fingerprint density at radius 3 is 2.83 bits per heavy atom. The monoisotopic (exact) mass is 84.1 g/mol. The van der Waals surface area contributed by atoms with Crippen LogP contribution in [-0.2, 0) is 0 Å². The van der Waals surface area contributed by atoms with Crippen LogP contribution in [-0.4, -0.2) is 6.21 Å². The number of hydrogen-bond acceptors (Lipinski definition) is 2. The predicted molar refractivity (Wildman–Crippen MR) is 22.7 cm³/mol. The zero-order valence-electron chi connectivity index (χ0n) is 3.26. The van der Waals surface area contributed by atoms with Gasteiger partial charge in [0.15, 0.2) is 0 Å². The highest BCUT2D eigenvalue weighted by Gasteiger charge is 1.91. The largest absolute Gasteiger partial charge is 0.393 e. The molecule has 3 nitrogen and oxygen atoms in total. The Bertz CT molecular complexity index is 99.9. The Labute approximate surface area is 35.5 Å². The molecule has 1 aliphatic heterocycles. The molecule has 0 bridgehead atoms. The highest BCUT2D eigenvalue weighted by atomic mass is 15.3. The van der Waals surface area contributed by atoms with E-state index in [4.69, 9.17) is 5.73 Å². The van der Waals surface area contributed by atoms with Crippen molar-refractivity contribution in [3.63, 3.8) is 0 Å². The van der Waals surface area contributed by atoms with Gasteiger partial charge in [0.2, 0.25) is 0 Å². The second-order valence-corrected chi connectivity index (χ2v) is 1.09. The van der Waals surface area contributed by atoms with Gasteiger partial charge < -0.3 is 5.73 Å². The fourth-order valence-electron chi connectivity index (χ4n) is 0.301. The van der Waals surface area contributed by atoms with E-state index in [0.29, 0.717) is 0 Å². The Morgan fingerprint density at radius 2 is 2.67 bits per heavy atom. The minimum Gasteiger partial charge on any atom is -0.393 e. The van der Waals surface area contributed by atoms with Crippen LogP contribution in [0.25, 0.3) is 0 Å². The molecule has 0 aromatic carbocycles. The topological polar surface area (TPSA) is 55.0 Å². The van der Waals surface area contributed by atoms with Crippen LogP contribution in [0.1, 0.15) is 0 Å². The minimum absolute atomic E-state index is 0.731. The third-order valence-corrected chi connectivity index (χ3v) is 0.577. The summed E-state index contributed by atoms with van der Waals surface area (Å²) < 4.78 is 0. The molecule has 0 aliphatic carbocycles. The van der Waals surface area contributed by atoms with Gasteiger partial charge in [-0.1, -0.05) is 5.10 Å². The van der Waals surface area contributed by atoms with Gasteiger partial charge in [-0.3, -0.25) is 0 Å². The molecule has 0 saturated heterocycles. The van der Waals surface area contributed by atoms with Gasteiger partial charge in [0.25, 0.3) is 0 Å². The highest BCUT2D eigenvalue weighted by molar-refractivity contribution is 5.76. The highest BCUT2D eigenvalue weighted by Crippen LogP contribution is 1.70. The number of allylic oxidation sites excluding steroid dienone is 1. The van der Waals surface area contributed by atoms with Crippen molar-refractivity contribution in [1.29, 1.82) is 0 Å². The van der Waals surface area contributed by atoms with Crippen LogP contribution in [0.3, 0.4) is 0 Å². The first-order chi connectivity index (χ1) is 2.89. The maximum absolute atomic E-state index is 5.22. The summed E-state index contributed by atoms with van der Waals surface area (Å²) in [6.07, 6.45) is 3.36. The third kappa shape index (κ3) is 0.392. The lowest BCUT2D eigenvalue weighted by Gasteiger charge is -1.67. The molecule has 0 radical (unpaired) electrons. The van der Waals surface area contributed by atoms with Crippen LogP contribution in [0.5, 0.6) is 0 Å². The molecule has 1 heterocycles. The lowest BCUT2D eigenvalue weighted by atomic mass is 10.6. The fraction of sp³-hybridized carbons (Fsp3) is 0. The maximum Gasteiger partial charge on any atom is 0.144 e. The van der Waals surface area contributed by atoms with Crippen LogP contribution in [0.15, 0.2) is 17.0 Å². The van der Waals surface area contributed by atoms with Gasteiger partial charge in [0.1, 0.15) is 18.1 Å². The zero-order valence-corrected chi connectivity index (χ0v) is 3.26. The first-order valence-electron chi connectivity index (χ1n) is 1.72. The zero-order chi connectivity index (χ0) is 4.41. The van der Waals surface area contributed by atoms with Crippen molar-refractivity contribution in [1.82, 2.24) is 0 Å². The smallest absolute Gasteiger partial charge is 0.144 e. The number of nitrogens with zero attached hydrogens (tertiary/aromatic N) is 1. The Balaban J connectivity index is 2.68. The average Bonchev–Trinajstić information content (AvgIpc) is 1.86. The van der Waals surface area contributed by atoms with E-state index < -0.39 is 0 Å². The molecule has 0 fully saturated rings. The summed E-state index contributed by atoms with van der Waals surface area (Å²) in [4.78, 5) is 0. The molecule has 3 heteroatoms. The fourth-order valence-corrected chi connectivity index (χ4v) is 0.301. The van der Waals surface area contributed by atoms with Crippen molar-refractivity contribution in [2.45, 2.75) is 0 Å².